The zero-order valence-electron chi connectivity index (χ0n) is 12.3. The summed E-state index contributed by atoms with van der Waals surface area (Å²) in [6.07, 6.45) is 1.65. The maximum atomic E-state index is 5.47. The van der Waals surface area contributed by atoms with Gasteiger partial charge in [0.2, 0.25) is 5.89 Å². The van der Waals surface area contributed by atoms with E-state index in [1.165, 1.54) is 0 Å². The Kier molecular flexibility index (Phi) is 6.23. The first kappa shape index (κ1) is 15.5. The van der Waals surface area contributed by atoms with Crippen molar-refractivity contribution in [2.24, 2.45) is 4.99 Å². The van der Waals surface area contributed by atoms with Gasteiger partial charge in [-0.1, -0.05) is 6.07 Å². The molecule has 0 unspecified atom stereocenters. The number of nitrogens with zero attached hydrogens (tertiary/aromatic N) is 2. The van der Waals surface area contributed by atoms with E-state index in [4.69, 9.17) is 9.15 Å². The first-order chi connectivity index (χ1) is 10.3. The minimum atomic E-state index is 0.469. The molecule has 0 radical (unpaired) electrons. The van der Waals surface area contributed by atoms with Crippen molar-refractivity contribution in [3.8, 4) is 10.8 Å². The Bertz CT molecular complexity index is 551. The van der Waals surface area contributed by atoms with E-state index in [0.29, 0.717) is 25.6 Å². The number of hydrogen-bond acceptors (Lipinski definition) is 5. The Labute approximate surface area is 128 Å². The van der Waals surface area contributed by atoms with Crippen LogP contribution in [0.4, 0.5) is 0 Å². The van der Waals surface area contributed by atoms with Crippen LogP contribution in [0.15, 0.2) is 33.2 Å². The lowest BCUT2D eigenvalue weighted by Crippen LogP contribution is -2.38. The van der Waals surface area contributed by atoms with E-state index in [1.807, 2.05) is 24.4 Å². The molecule has 2 aromatic rings. The molecule has 0 aliphatic carbocycles. The molecule has 0 saturated carbocycles. The van der Waals surface area contributed by atoms with Crippen molar-refractivity contribution in [2.75, 3.05) is 26.8 Å². The molecule has 2 rings (SSSR count). The minimum absolute atomic E-state index is 0.469. The fourth-order valence-electron chi connectivity index (χ4n) is 1.67. The molecule has 0 amide bonds. The molecular formula is C14H20N4O2S. The number of nitrogens with one attached hydrogen (secondary N) is 2. The summed E-state index contributed by atoms with van der Waals surface area (Å²) in [6, 6.07) is 3.96. The van der Waals surface area contributed by atoms with Crippen molar-refractivity contribution in [1.82, 2.24) is 15.6 Å². The molecule has 2 N–H and O–H groups in total. The quantitative estimate of drug-likeness (QED) is 0.466. The van der Waals surface area contributed by atoms with E-state index in [1.54, 1.807) is 24.7 Å². The summed E-state index contributed by atoms with van der Waals surface area (Å²) >= 11 is 1.60. The number of thiophene rings is 1. The molecule has 0 aliphatic heterocycles. The summed E-state index contributed by atoms with van der Waals surface area (Å²) in [5.41, 5.74) is 0.808. The molecule has 0 atom stereocenters. The molecule has 0 spiro atoms. The van der Waals surface area contributed by atoms with Gasteiger partial charge in [0.05, 0.1) is 18.0 Å². The molecule has 2 aromatic heterocycles. The molecular weight excluding hydrogens is 288 g/mol. The predicted molar refractivity (Wildman–Crippen MR) is 84.5 cm³/mol. The van der Waals surface area contributed by atoms with Crippen LogP contribution >= 0.6 is 11.3 Å². The van der Waals surface area contributed by atoms with E-state index < -0.39 is 0 Å². The van der Waals surface area contributed by atoms with Crippen molar-refractivity contribution < 1.29 is 9.15 Å². The molecule has 0 aliphatic rings. The van der Waals surface area contributed by atoms with Gasteiger partial charge < -0.3 is 19.8 Å². The van der Waals surface area contributed by atoms with Crippen molar-refractivity contribution >= 4 is 17.3 Å². The SMILES string of the molecule is CCNC(=NCc1coc(-c2cccs2)n1)NCCOC. The Balaban J connectivity index is 1.94. The maximum Gasteiger partial charge on any atom is 0.236 e. The molecule has 21 heavy (non-hydrogen) atoms. The standard InChI is InChI=1S/C14H20N4O2S/c1-3-15-14(16-6-7-19-2)17-9-11-10-20-13(18-11)12-5-4-8-21-12/h4-5,8,10H,3,6-7,9H2,1-2H3,(H2,15,16,17). The van der Waals surface area contributed by atoms with Crippen LogP contribution in [0.1, 0.15) is 12.6 Å². The summed E-state index contributed by atoms with van der Waals surface area (Å²) in [4.78, 5) is 9.93. The van der Waals surface area contributed by atoms with E-state index in [2.05, 4.69) is 20.6 Å². The fraction of sp³-hybridized carbons (Fsp3) is 0.429. The third-order valence-electron chi connectivity index (χ3n) is 2.63. The van der Waals surface area contributed by atoms with Crippen LogP contribution in [0.5, 0.6) is 0 Å². The van der Waals surface area contributed by atoms with E-state index in [0.717, 1.165) is 23.1 Å². The largest absolute Gasteiger partial charge is 0.443 e. The van der Waals surface area contributed by atoms with Crippen LogP contribution in [0.25, 0.3) is 10.8 Å². The summed E-state index contributed by atoms with van der Waals surface area (Å²) in [7, 11) is 1.67. The Morgan fingerprint density at radius 3 is 3.10 bits per heavy atom. The second-order valence-corrected chi connectivity index (χ2v) is 5.18. The Hall–Kier alpha value is -1.86. The number of methoxy groups -OCH3 is 1. The van der Waals surface area contributed by atoms with Gasteiger partial charge in [0.1, 0.15) is 12.0 Å². The van der Waals surface area contributed by atoms with Gasteiger partial charge in [-0.3, -0.25) is 0 Å². The van der Waals surface area contributed by atoms with Gasteiger partial charge in [0, 0.05) is 20.2 Å². The maximum absolute atomic E-state index is 5.47. The lowest BCUT2D eigenvalue weighted by atomic mass is 10.4. The predicted octanol–water partition coefficient (Wildman–Crippen LogP) is 2.10. The number of guanidine groups is 1. The normalized spacial score (nSPS) is 11.6. The highest BCUT2D eigenvalue weighted by Crippen LogP contribution is 2.23. The third kappa shape index (κ3) is 4.87. The first-order valence-electron chi connectivity index (χ1n) is 6.83. The van der Waals surface area contributed by atoms with Gasteiger partial charge >= 0.3 is 0 Å². The minimum Gasteiger partial charge on any atom is -0.443 e. The van der Waals surface area contributed by atoms with Crippen molar-refractivity contribution in [3.05, 3.63) is 29.5 Å². The number of ether oxygens (including phenoxy) is 1. The van der Waals surface area contributed by atoms with Crippen LogP contribution in [-0.4, -0.2) is 37.7 Å². The van der Waals surface area contributed by atoms with Gasteiger partial charge in [0.25, 0.3) is 0 Å². The van der Waals surface area contributed by atoms with Crippen LogP contribution in [0.3, 0.4) is 0 Å². The number of rotatable bonds is 7. The van der Waals surface area contributed by atoms with E-state index >= 15 is 0 Å². The Morgan fingerprint density at radius 2 is 2.38 bits per heavy atom. The highest BCUT2D eigenvalue weighted by atomic mass is 32.1. The lowest BCUT2D eigenvalue weighted by Gasteiger charge is -2.10. The van der Waals surface area contributed by atoms with Gasteiger partial charge in [-0.2, -0.15) is 0 Å². The van der Waals surface area contributed by atoms with Crippen molar-refractivity contribution in [2.45, 2.75) is 13.5 Å². The smallest absolute Gasteiger partial charge is 0.236 e. The summed E-state index contributed by atoms with van der Waals surface area (Å²) < 4.78 is 10.5. The molecule has 2 heterocycles. The average molecular weight is 308 g/mol. The molecule has 114 valence electrons. The zero-order chi connectivity index (χ0) is 14.9. The molecule has 0 bridgehead atoms. The van der Waals surface area contributed by atoms with Crippen molar-refractivity contribution in [3.63, 3.8) is 0 Å². The van der Waals surface area contributed by atoms with Gasteiger partial charge in [-0.25, -0.2) is 9.98 Å². The van der Waals surface area contributed by atoms with Gasteiger partial charge in [0.15, 0.2) is 5.96 Å². The first-order valence-corrected chi connectivity index (χ1v) is 7.71. The summed E-state index contributed by atoms with van der Waals surface area (Å²) in [5, 5.41) is 8.36. The molecule has 6 nitrogen and oxygen atoms in total. The average Bonchev–Trinajstić information content (AvgIpc) is 3.15. The fourth-order valence-corrected chi connectivity index (χ4v) is 2.32. The summed E-state index contributed by atoms with van der Waals surface area (Å²) in [5.74, 6) is 1.39. The number of aromatic nitrogens is 1. The van der Waals surface area contributed by atoms with Crippen LogP contribution in [0, 0.1) is 0 Å². The zero-order valence-corrected chi connectivity index (χ0v) is 13.1. The topological polar surface area (TPSA) is 71.7 Å². The monoisotopic (exact) mass is 308 g/mol. The van der Waals surface area contributed by atoms with Crippen molar-refractivity contribution in [1.29, 1.82) is 0 Å². The Morgan fingerprint density at radius 1 is 1.48 bits per heavy atom. The van der Waals surface area contributed by atoms with Gasteiger partial charge in [-0.15, -0.1) is 11.3 Å². The molecule has 0 saturated heterocycles. The van der Waals surface area contributed by atoms with Gasteiger partial charge in [-0.05, 0) is 18.4 Å². The van der Waals surface area contributed by atoms with Crippen LogP contribution in [0.2, 0.25) is 0 Å². The summed E-state index contributed by atoms with van der Waals surface area (Å²) in [6.45, 7) is 4.65. The lowest BCUT2D eigenvalue weighted by molar-refractivity contribution is 0.203. The van der Waals surface area contributed by atoms with E-state index in [-0.39, 0.29) is 0 Å². The number of hydrogen-bond donors (Lipinski definition) is 2. The van der Waals surface area contributed by atoms with Crippen LogP contribution in [-0.2, 0) is 11.3 Å². The molecule has 0 aromatic carbocycles. The second kappa shape index (κ2) is 8.43. The molecule has 7 heteroatoms. The molecule has 0 fully saturated rings. The highest BCUT2D eigenvalue weighted by molar-refractivity contribution is 7.13. The van der Waals surface area contributed by atoms with Crippen LogP contribution < -0.4 is 10.6 Å². The number of aliphatic imine (C=N–C) groups is 1. The van der Waals surface area contributed by atoms with E-state index in [9.17, 15) is 0 Å². The second-order valence-electron chi connectivity index (χ2n) is 4.24. The third-order valence-corrected chi connectivity index (χ3v) is 3.48. The highest BCUT2D eigenvalue weighted by Gasteiger charge is 2.07. The number of oxazole rings is 1.